The molecule has 1 saturated carbocycles. The summed E-state index contributed by atoms with van der Waals surface area (Å²) in [6.07, 6.45) is 5.63. The maximum Gasteiger partial charge on any atom is 0.315 e. The van der Waals surface area contributed by atoms with Crippen LogP contribution in [0.25, 0.3) is 0 Å². The lowest BCUT2D eigenvalue weighted by Crippen LogP contribution is -2.43. The van der Waals surface area contributed by atoms with Crippen LogP contribution in [0.1, 0.15) is 30.4 Å². The Hall–Kier alpha value is -2.25. The first kappa shape index (κ1) is 19.5. The zero-order valence-electron chi connectivity index (χ0n) is 15.2. The highest BCUT2D eigenvalue weighted by atomic mass is 32.2. The smallest absolute Gasteiger partial charge is 0.315 e. The summed E-state index contributed by atoms with van der Waals surface area (Å²) in [5.41, 5.74) is 0.681. The van der Waals surface area contributed by atoms with E-state index in [0.717, 1.165) is 17.4 Å². The van der Waals surface area contributed by atoms with Crippen molar-refractivity contribution in [3.05, 3.63) is 66.0 Å². The molecule has 3 rings (SSSR count). The summed E-state index contributed by atoms with van der Waals surface area (Å²) >= 11 is 0. The minimum atomic E-state index is -3.69. The van der Waals surface area contributed by atoms with Gasteiger partial charge in [-0.25, -0.2) is 0 Å². The summed E-state index contributed by atoms with van der Waals surface area (Å²) in [4.78, 5) is 17.2. The third kappa shape index (κ3) is 4.93. The van der Waals surface area contributed by atoms with Crippen molar-refractivity contribution in [1.29, 1.82) is 0 Å². The molecule has 0 saturated heterocycles. The second-order valence-corrected chi connectivity index (χ2v) is 8.54. The van der Waals surface area contributed by atoms with Crippen molar-refractivity contribution in [2.24, 2.45) is 5.41 Å². The van der Waals surface area contributed by atoms with E-state index in [1.54, 1.807) is 18.5 Å². The van der Waals surface area contributed by atoms with Gasteiger partial charge in [0.2, 0.25) is 0 Å². The molecule has 7 heteroatoms. The Morgan fingerprint density at radius 3 is 2.59 bits per heavy atom. The van der Waals surface area contributed by atoms with E-state index in [4.69, 9.17) is 8.92 Å². The van der Waals surface area contributed by atoms with Crippen LogP contribution in [-0.2, 0) is 36.9 Å². The predicted molar refractivity (Wildman–Crippen MR) is 100 cm³/mol. The van der Waals surface area contributed by atoms with Gasteiger partial charge in [-0.05, 0) is 42.9 Å². The number of carbonyl (C=O) groups excluding carboxylic acids is 1. The van der Waals surface area contributed by atoms with Gasteiger partial charge in [-0.1, -0.05) is 36.4 Å². The molecule has 1 aliphatic carbocycles. The Kier molecular flexibility index (Phi) is 5.92. The van der Waals surface area contributed by atoms with Crippen molar-refractivity contribution in [2.45, 2.75) is 38.4 Å². The molecule has 6 nitrogen and oxygen atoms in total. The molecule has 27 heavy (non-hydrogen) atoms. The highest BCUT2D eigenvalue weighted by Crippen LogP contribution is 2.45. The van der Waals surface area contributed by atoms with Crippen LogP contribution in [0.2, 0.25) is 0 Å². The zero-order chi connectivity index (χ0) is 19.3. The molecule has 0 N–H and O–H groups in total. The summed E-state index contributed by atoms with van der Waals surface area (Å²) in [5.74, 6) is -0.429. The van der Waals surface area contributed by atoms with Crippen molar-refractivity contribution < 1.29 is 22.1 Å². The highest BCUT2D eigenvalue weighted by molar-refractivity contribution is 7.86. The number of ether oxygens (including phenoxy) is 1. The largest absolute Gasteiger partial charge is 0.460 e. The Labute approximate surface area is 159 Å². The van der Waals surface area contributed by atoms with E-state index in [1.807, 2.05) is 36.4 Å². The van der Waals surface area contributed by atoms with Gasteiger partial charge in [0.15, 0.2) is 0 Å². The minimum Gasteiger partial charge on any atom is -0.460 e. The van der Waals surface area contributed by atoms with Crippen LogP contribution in [0.4, 0.5) is 0 Å². The number of carbonyl (C=O) groups is 1. The Morgan fingerprint density at radius 2 is 1.93 bits per heavy atom. The fourth-order valence-electron chi connectivity index (χ4n) is 3.63. The van der Waals surface area contributed by atoms with E-state index in [1.165, 1.54) is 0 Å². The molecule has 0 amide bonds. The van der Waals surface area contributed by atoms with Crippen LogP contribution in [0.15, 0.2) is 54.9 Å². The van der Waals surface area contributed by atoms with Crippen LogP contribution in [-0.4, -0.2) is 31.7 Å². The van der Waals surface area contributed by atoms with Crippen molar-refractivity contribution in [1.82, 2.24) is 4.98 Å². The van der Waals surface area contributed by atoms with Crippen molar-refractivity contribution >= 4 is 16.1 Å². The van der Waals surface area contributed by atoms with Crippen molar-refractivity contribution in [2.75, 3.05) is 6.26 Å². The molecule has 0 aliphatic heterocycles. The van der Waals surface area contributed by atoms with Crippen LogP contribution in [0.3, 0.4) is 0 Å². The van der Waals surface area contributed by atoms with Gasteiger partial charge in [0.25, 0.3) is 10.1 Å². The maximum atomic E-state index is 13.1. The molecule has 0 bridgehead atoms. The van der Waals surface area contributed by atoms with E-state index in [0.29, 0.717) is 25.7 Å². The number of benzene rings is 1. The van der Waals surface area contributed by atoms with Crippen LogP contribution < -0.4 is 0 Å². The second-order valence-electron chi connectivity index (χ2n) is 6.94. The van der Waals surface area contributed by atoms with Crippen molar-refractivity contribution in [3.8, 4) is 0 Å². The molecule has 1 heterocycles. The summed E-state index contributed by atoms with van der Waals surface area (Å²) in [6.45, 7) is 0.139. The Balaban J connectivity index is 1.85. The van der Waals surface area contributed by atoms with Gasteiger partial charge in [0.05, 0.1) is 17.8 Å². The third-order valence-corrected chi connectivity index (χ3v) is 5.44. The first-order valence-corrected chi connectivity index (χ1v) is 10.7. The van der Waals surface area contributed by atoms with Gasteiger partial charge in [0, 0.05) is 12.4 Å². The first-order chi connectivity index (χ1) is 12.9. The van der Waals surface area contributed by atoms with E-state index >= 15 is 0 Å². The maximum absolute atomic E-state index is 13.1. The number of hydrogen-bond donors (Lipinski definition) is 0. The lowest BCUT2D eigenvalue weighted by Gasteiger charge is -2.32. The van der Waals surface area contributed by atoms with Crippen LogP contribution >= 0.6 is 0 Å². The van der Waals surface area contributed by atoms with Gasteiger partial charge in [-0.3, -0.25) is 14.0 Å². The minimum absolute atomic E-state index is 0.139. The quantitative estimate of drug-likeness (QED) is 0.535. The van der Waals surface area contributed by atoms with Gasteiger partial charge in [0.1, 0.15) is 6.61 Å². The molecule has 1 fully saturated rings. The number of pyridine rings is 1. The van der Waals surface area contributed by atoms with Gasteiger partial charge in [-0.15, -0.1) is 0 Å². The molecular weight excluding hydrogens is 366 g/mol. The van der Waals surface area contributed by atoms with Crippen LogP contribution in [0.5, 0.6) is 0 Å². The molecule has 2 aromatic rings. The first-order valence-electron chi connectivity index (χ1n) is 8.87. The average Bonchev–Trinajstić information content (AvgIpc) is 3.03. The Morgan fingerprint density at radius 1 is 1.19 bits per heavy atom. The summed E-state index contributed by atoms with van der Waals surface area (Å²) in [7, 11) is -3.69. The zero-order valence-corrected chi connectivity index (χ0v) is 16.0. The number of hydrogen-bond acceptors (Lipinski definition) is 6. The second kappa shape index (κ2) is 8.19. The number of esters is 1. The Bertz CT molecular complexity index is 870. The molecule has 1 aromatic carbocycles. The van der Waals surface area contributed by atoms with E-state index in [2.05, 4.69) is 4.98 Å². The monoisotopic (exact) mass is 389 g/mol. The molecule has 1 aliphatic rings. The van der Waals surface area contributed by atoms with Crippen LogP contribution in [0, 0.1) is 5.41 Å². The van der Waals surface area contributed by atoms with E-state index in [-0.39, 0.29) is 6.61 Å². The number of nitrogens with zero attached hydrogens (tertiary/aromatic N) is 1. The number of rotatable bonds is 7. The molecule has 144 valence electrons. The lowest BCUT2D eigenvalue weighted by molar-refractivity contribution is -0.161. The fraction of sp³-hybridized carbons (Fsp3) is 0.400. The summed E-state index contributed by atoms with van der Waals surface area (Å²) in [6, 6.07) is 13.1. The summed E-state index contributed by atoms with van der Waals surface area (Å²) < 4.78 is 34.4. The fourth-order valence-corrected chi connectivity index (χ4v) is 4.34. The number of aromatic nitrogens is 1. The van der Waals surface area contributed by atoms with Crippen molar-refractivity contribution in [3.63, 3.8) is 0 Å². The summed E-state index contributed by atoms with van der Waals surface area (Å²) in [5, 5.41) is 0. The van der Waals surface area contributed by atoms with Gasteiger partial charge >= 0.3 is 5.97 Å². The topological polar surface area (TPSA) is 82.6 Å². The van der Waals surface area contributed by atoms with E-state index < -0.39 is 27.6 Å². The normalized spacial score (nSPS) is 22.5. The molecule has 0 radical (unpaired) electrons. The molecular formula is C20H23NO5S. The average molecular weight is 389 g/mol. The molecule has 2 atom stereocenters. The molecule has 1 aromatic heterocycles. The SMILES string of the molecule is CS(=O)(=O)OC1CCCC1(Cc1cccnc1)C(=O)OCc1ccccc1. The van der Waals surface area contributed by atoms with E-state index in [9.17, 15) is 13.2 Å². The highest BCUT2D eigenvalue weighted by Gasteiger charge is 2.52. The molecule has 2 unspecified atom stereocenters. The standard InChI is InChI=1S/C20H23NO5S/c1-27(23,24)26-18-10-5-11-20(18,13-17-9-6-12-21-14-17)19(22)25-15-16-7-3-2-4-8-16/h2-4,6-9,12,14,18H,5,10-11,13,15H2,1H3. The molecule has 0 spiro atoms. The van der Waals surface area contributed by atoms with Gasteiger partial charge < -0.3 is 4.74 Å². The van der Waals surface area contributed by atoms with Gasteiger partial charge in [-0.2, -0.15) is 8.42 Å². The predicted octanol–water partition coefficient (Wildman–Crippen LogP) is 2.88. The third-order valence-electron chi connectivity index (χ3n) is 4.86. The lowest BCUT2D eigenvalue weighted by atomic mass is 9.78.